The van der Waals surface area contributed by atoms with Gasteiger partial charge in [0.25, 0.3) is 0 Å². The van der Waals surface area contributed by atoms with Crippen LogP contribution in [0.15, 0.2) is 16.3 Å². The van der Waals surface area contributed by atoms with Crippen LogP contribution in [0.3, 0.4) is 0 Å². The summed E-state index contributed by atoms with van der Waals surface area (Å²) < 4.78 is 26.6. The lowest BCUT2D eigenvalue weighted by molar-refractivity contribution is 0.581. The van der Waals surface area contributed by atoms with E-state index in [0.717, 1.165) is 18.0 Å². The first-order valence-electron chi connectivity index (χ1n) is 5.80. The van der Waals surface area contributed by atoms with Gasteiger partial charge in [-0.3, -0.25) is 0 Å². The molecule has 4 nitrogen and oxygen atoms in total. The third-order valence-corrected chi connectivity index (χ3v) is 5.91. The Morgan fingerprint density at radius 3 is 2.83 bits per heavy atom. The molecule has 1 heterocycles. The van der Waals surface area contributed by atoms with E-state index < -0.39 is 10.0 Å². The number of thiophene rings is 1. The van der Waals surface area contributed by atoms with Gasteiger partial charge in [0.05, 0.1) is 4.90 Å². The number of thioether (sulfide) groups is 1. The summed E-state index contributed by atoms with van der Waals surface area (Å²) in [6, 6.07) is 1.74. The highest BCUT2D eigenvalue weighted by Gasteiger charge is 2.16. The fourth-order valence-corrected chi connectivity index (χ4v) is 3.97. The van der Waals surface area contributed by atoms with E-state index in [2.05, 4.69) is 10.0 Å². The highest BCUT2D eigenvalue weighted by atomic mass is 32.2. The summed E-state index contributed by atoms with van der Waals surface area (Å²) >= 11 is 3.11. The summed E-state index contributed by atoms with van der Waals surface area (Å²) in [5.74, 6) is 0. The minimum absolute atomic E-state index is 0.277. The van der Waals surface area contributed by atoms with Gasteiger partial charge in [-0.1, -0.05) is 13.8 Å². The number of hydrogen-bond donors (Lipinski definition) is 2. The second-order valence-electron chi connectivity index (χ2n) is 3.93. The Balaban J connectivity index is 2.64. The van der Waals surface area contributed by atoms with Crippen molar-refractivity contribution in [3.8, 4) is 0 Å². The molecule has 0 saturated heterocycles. The molecule has 1 aromatic heterocycles. The molecule has 0 aliphatic heterocycles. The van der Waals surface area contributed by atoms with Crippen molar-refractivity contribution >= 4 is 33.1 Å². The van der Waals surface area contributed by atoms with Crippen LogP contribution in [0.4, 0.5) is 0 Å². The first kappa shape index (κ1) is 16.0. The molecule has 1 unspecified atom stereocenters. The summed E-state index contributed by atoms with van der Waals surface area (Å²) in [5.41, 5.74) is 0. The van der Waals surface area contributed by atoms with Crippen LogP contribution in [-0.2, 0) is 16.6 Å². The lowest BCUT2D eigenvalue weighted by atomic mass is 10.4. The molecular formula is C11H20N2O2S3. The quantitative estimate of drug-likeness (QED) is 0.770. The molecule has 104 valence electrons. The lowest BCUT2D eigenvalue weighted by Gasteiger charge is -2.09. The third-order valence-electron chi connectivity index (χ3n) is 2.45. The molecule has 0 saturated carbocycles. The van der Waals surface area contributed by atoms with Crippen molar-refractivity contribution < 1.29 is 8.42 Å². The normalized spacial score (nSPS) is 13.7. The Hall–Kier alpha value is -0.0800. The van der Waals surface area contributed by atoms with E-state index in [9.17, 15) is 8.42 Å². The topological polar surface area (TPSA) is 58.2 Å². The van der Waals surface area contributed by atoms with Gasteiger partial charge in [-0.2, -0.15) is 11.8 Å². The first-order chi connectivity index (χ1) is 8.49. The number of rotatable bonds is 8. The van der Waals surface area contributed by atoms with E-state index in [1.54, 1.807) is 23.2 Å². The van der Waals surface area contributed by atoms with Gasteiger partial charge < -0.3 is 5.32 Å². The van der Waals surface area contributed by atoms with Gasteiger partial charge in [-0.15, -0.1) is 11.3 Å². The maximum absolute atomic E-state index is 12.0. The molecule has 1 rings (SSSR count). The number of sulfonamides is 1. The Labute approximate surface area is 118 Å². The standard InChI is InChI=1S/C11H20N2O2S3/c1-4-12-7-10-5-11(8-17-10)18(14,15)13-6-9(2)16-3/h5,8-9,12-13H,4,6-7H2,1-3H3. The number of hydrogen-bond acceptors (Lipinski definition) is 5. The van der Waals surface area contributed by atoms with Crippen LogP contribution in [0, 0.1) is 0 Å². The van der Waals surface area contributed by atoms with E-state index in [4.69, 9.17) is 0 Å². The fourth-order valence-electron chi connectivity index (χ4n) is 1.24. The molecule has 18 heavy (non-hydrogen) atoms. The van der Waals surface area contributed by atoms with Gasteiger partial charge in [0.15, 0.2) is 0 Å². The van der Waals surface area contributed by atoms with Crippen molar-refractivity contribution in [1.82, 2.24) is 10.0 Å². The predicted molar refractivity (Wildman–Crippen MR) is 79.9 cm³/mol. The summed E-state index contributed by atoms with van der Waals surface area (Å²) in [7, 11) is -3.35. The Morgan fingerprint density at radius 1 is 1.50 bits per heavy atom. The highest BCUT2D eigenvalue weighted by molar-refractivity contribution is 7.99. The van der Waals surface area contributed by atoms with E-state index in [1.807, 2.05) is 20.1 Å². The average molecular weight is 308 g/mol. The molecule has 0 aliphatic carbocycles. The second-order valence-corrected chi connectivity index (χ2v) is 7.97. The zero-order chi connectivity index (χ0) is 13.6. The van der Waals surface area contributed by atoms with Crippen molar-refractivity contribution in [2.45, 2.75) is 30.5 Å². The van der Waals surface area contributed by atoms with Crippen molar-refractivity contribution in [3.63, 3.8) is 0 Å². The van der Waals surface area contributed by atoms with Crippen molar-refractivity contribution in [1.29, 1.82) is 0 Å². The molecule has 2 N–H and O–H groups in total. The van der Waals surface area contributed by atoms with Crippen LogP contribution in [0.25, 0.3) is 0 Å². The Bertz CT molecular complexity index is 457. The zero-order valence-electron chi connectivity index (χ0n) is 10.9. The van der Waals surface area contributed by atoms with Gasteiger partial charge in [0.2, 0.25) is 10.0 Å². The van der Waals surface area contributed by atoms with Crippen LogP contribution >= 0.6 is 23.1 Å². The molecule has 0 radical (unpaired) electrons. The van der Waals surface area contributed by atoms with Crippen LogP contribution in [0.2, 0.25) is 0 Å². The Kier molecular flexibility index (Phi) is 6.65. The molecule has 0 bridgehead atoms. The lowest BCUT2D eigenvalue weighted by Crippen LogP contribution is -2.29. The summed E-state index contributed by atoms with van der Waals surface area (Å²) in [4.78, 5) is 1.41. The maximum Gasteiger partial charge on any atom is 0.241 e. The second kappa shape index (κ2) is 7.49. The van der Waals surface area contributed by atoms with E-state index >= 15 is 0 Å². The van der Waals surface area contributed by atoms with E-state index in [-0.39, 0.29) is 5.25 Å². The summed E-state index contributed by atoms with van der Waals surface area (Å²) in [6.45, 7) is 6.08. The smallest absolute Gasteiger partial charge is 0.241 e. The van der Waals surface area contributed by atoms with Crippen LogP contribution in [-0.4, -0.2) is 33.0 Å². The van der Waals surface area contributed by atoms with Crippen molar-refractivity contribution in [2.24, 2.45) is 0 Å². The predicted octanol–water partition coefficient (Wildman–Crippen LogP) is 1.89. The van der Waals surface area contributed by atoms with Gasteiger partial charge >= 0.3 is 0 Å². The fraction of sp³-hybridized carbons (Fsp3) is 0.636. The largest absolute Gasteiger partial charge is 0.312 e. The van der Waals surface area contributed by atoms with Crippen molar-refractivity contribution in [2.75, 3.05) is 19.3 Å². The summed E-state index contributed by atoms with van der Waals surface area (Å²) in [5, 5.41) is 5.15. The maximum atomic E-state index is 12.0. The minimum Gasteiger partial charge on any atom is -0.312 e. The molecule has 7 heteroatoms. The van der Waals surface area contributed by atoms with Crippen LogP contribution in [0.1, 0.15) is 18.7 Å². The van der Waals surface area contributed by atoms with Crippen molar-refractivity contribution in [3.05, 3.63) is 16.3 Å². The molecule has 0 fully saturated rings. The van der Waals surface area contributed by atoms with Gasteiger partial charge in [0, 0.05) is 28.6 Å². The number of nitrogens with one attached hydrogen (secondary N) is 2. The third kappa shape index (κ3) is 4.89. The molecule has 0 spiro atoms. The molecule has 0 aromatic carbocycles. The summed E-state index contributed by atoms with van der Waals surface area (Å²) in [6.07, 6.45) is 1.97. The zero-order valence-corrected chi connectivity index (χ0v) is 13.3. The van der Waals surface area contributed by atoms with E-state index in [0.29, 0.717) is 11.4 Å². The molecular weight excluding hydrogens is 288 g/mol. The van der Waals surface area contributed by atoms with Crippen LogP contribution in [0.5, 0.6) is 0 Å². The molecule has 1 atom stereocenters. The molecule has 0 amide bonds. The first-order valence-corrected chi connectivity index (χ1v) is 9.45. The van der Waals surface area contributed by atoms with Crippen LogP contribution < -0.4 is 10.0 Å². The monoisotopic (exact) mass is 308 g/mol. The van der Waals surface area contributed by atoms with Gasteiger partial charge in [0.1, 0.15) is 0 Å². The molecule has 1 aromatic rings. The Morgan fingerprint density at radius 2 is 2.22 bits per heavy atom. The van der Waals surface area contributed by atoms with Gasteiger partial charge in [-0.05, 0) is 18.9 Å². The SMILES string of the molecule is CCNCc1cc(S(=O)(=O)NCC(C)SC)cs1. The van der Waals surface area contributed by atoms with E-state index in [1.165, 1.54) is 11.3 Å². The highest BCUT2D eigenvalue weighted by Crippen LogP contribution is 2.19. The average Bonchev–Trinajstić information content (AvgIpc) is 2.83. The minimum atomic E-state index is -3.35. The van der Waals surface area contributed by atoms with Gasteiger partial charge in [-0.25, -0.2) is 13.1 Å². The molecule has 0 aliphatic rings.